The van der Waals surface area contributed by atoms with Crippen LogP contribution in [0.5, 0.6) is 28.7 Å². The molecule has 4 aromatic rings. The molecule has 9 heteroatoms. The lowest BCUT2D eigenvalue weighted by atomic mass is 10.2. The number of halogens is 2. The van der Waals surface area contributed by atoms with Gasteiger partial charge in [-0.25, -0.2) is 0 Å². The third-order valence-electron chi connectivity index (χ3n) is 5.54. The highest BCUT2D eigenvalue weighted by atomic mass is 79.9. The van der Waals surface area contributed by atoms with E-state index in [1.165, 1.54) is 14.2 Å². The van der Waals surface area contributed by atoms with Crippen molar-refractivity contribution >= 4 is 55.7 Å². The van der Waals surface area contributed by atoms with Crippen LogP contribution in [0.25, 0.3) is 0 Å². The van der Waals surface area contributed by atoms with Gasteiger partial charge >= 0.3 is 0 Å². The Balaban J connectivity index is 1.54. The number of hydrogen-bond acceptors (Lipinski definition) is 7. The van der Waals surface area contributed by atoms with E-state index in [9.17, 15) is 5.11 Å². The molecule has 0 spiro atoms. The lowest BCUT2D eigenvalue weighted by Gasteiger charge is -2.16. The number of phenolic OH excluding ortho intramolecular Hbond substituents is 1. The van der Waals surface area contributed by atoms with Gasteiger partial charge in [0.1, 0.15) is 11.5 Å². The number of hydrogen-bond donors (Lipinski definition) is 1. The summed E-state index contributed by atoms with van der Waals surface area (Å²) in [5.41, 5.74) is 3.28. The Morgan fingerprint density at radius 2 is 1.45 bits per heavy atom. The Kier molecular flexibility index (Phi) is 9.84. The van der Waals surface area contributed by atoms with Crippen LogP contribution in [-0.2, 0) is 0 Å². The molecule has 0 aliphatic heterocycles. The van der Waals surface area contributed by atoms with Crippen molar-refractivity contribution < 1.29 is 24.1 Å². The zero-order chi connectivity index (χ0) is 28.5. The van der Waals surface area contributed by atoms with E-state index in [4.69, 9.17) is 25.4 Å². The fourth-order valence-corrected chi connectivity index (χ4v) is 4.36. The number of nitrogens with zero attached hydrogens (tertiary/aromatic N) is 2. The average Bonchev–Trinajstić information content (AvgIpc) is 2.97. The summed E-state index contributed by atoms with van der Waals surface area (Å²) in [6.07, 6.45) is 8.75. The van der Waals surface area contributed by atoms with E-state index in [0.29, 0.717) is 34.2 Å². The second kappa shape index (κ2) is 13.7. The number of terminal acetylenes is 1. The molecule has 0 saturated carbocycles. The summed E-state index contributed by atoms with van der Waals surface area (Å²) in [5.74, 6) is 4.46. The first kappa shape index (κ1) is 28.7. The molecule has 0 aliphatic rings. The number of phenols is 1. The Hall–Kier alpha value is -4.26. The van der Waals surface area contributed by atoms with Gasteiger partial charge in [0, 0.05) is 50.2 Å². The molecule has 0 amide bonds. The van der Waals surface area contributed by atoms with E-state index < -0.39 is 0 Å². The number of benzene rings is 4. The molecule has 0 saturated heterocycles. The lowest BCUT2D eigenvalue weighted by Crippen LogP contribution is -2.08. The zero-order valence-corrected chi connectivity index (χ0v) is 24.8. The number of rotatable bonds is 10. The van der Waals surface area contributed by atoms with Crippen LogP contribution in [0.2, 0.25) is 0 Å². The normalized spacial score (nSPS) is 11.0. The highest BCUT2D eigenvalue weighted by molar-refractivity contribution is 9.10. The Labute approximate surface area is 249 Å². The van der Waals surface area contributed by atoms with Gasteiger partial charge in [-0.1, -0.05) is 43.8 Å². The van der Waals surface area contributed by atoms with Crippen LogP contribution in [-0.4, -0.2) is 38.5 Å². The maximum atomic E-state index is 10.1. The molecule has 0 atom stereocenters. The molecule has 0 heterocycles. The van der Waals surface area contributed by atoms with Crippen molar-refractivity contribution in [1.82, 2.24) is 0 Å². The second-order valence-electron chi connectivity index (χ2n) is 8.18. The van der Waals surface area contributed by atoms with Crippen molar-refractivity contribution in [2.75, 3.05) is 21.0 Å². The van der Waals surface area contributed by atoms with Crippen LogP contribution in [0, 0.1) is 12.3 Å². The summed E-state index contributed by atoms with van der Waals surface area (Å²) in [7, 11) is 3.05. The maximum Gasteiger partial charge on any atom is 0.231 e. The summed E-state index contributed by atoms with van der Waals surface area (Å²) in [5, 5.41) is 10.1. The first-order chi connectivity index (χ1) is 19.4. The number of methoxy groups -OCH3 is 2. The number of aromatic hydroxyl groups is 1. The van der Waals surface area contributed by atoms with Crippen LogP contribution < -0.4 is 18.9 Å². The standard InChI is InChI=1S/C31H24Br2N2O5/c1-4-20-6-5-7-25(12-20)34-18-22-14-24(33)9-11-28(22)39-19-40-30-16-26(15-29(37-2)31(30)38-3)35-17-21-13-23(32)8-10-27(21)36/h1,5-18,36H,19H2,2-3H3/b34-18+,35-17+. The van der Waals surface area contributed by atoms with Gasteiger partial charge in [-0.3, -0.25) is 9.98 Å². The summed E-state index contributed by atoms with van der Waals surface area (Å²) in [6, 6.07) is 21.4. The SMILES string of the molecule is C#Cc1cccc(/N=C/c2cc(Br)ccc2OCOc2cc(/N=C/c3cc(Br)ccc3O)cc(OC)c2OC)c1. The molecule has 0 aliphatic carbocycles. The van der Waals surface area contributed by atoms with E-state index in [1.54, 1.807) is 42.8 Å². The monoisotopic (exact) mass is 662 g/mol. The molecule has 1 N–H and O–H groups in total. The maximum absolute atomic E-state index is 10.1. The topological polar surface area (TPSA) is 81.9 Å². The molecule has 0 fully saturated rings. The third kappa shape index (κ3) is 7.44. The van der Waals surface area contributed by atoms with Gasteiger partial charge in [0.05, 0.1) is 25.6 Å². The van der Waals surface area contributed by atoms with Crippen LogP contribution in [0.1, 0.15) is 16.7 Å². The first-order valence-corrected chi connectivity index (χ1v) is 13.4. The van der Waals surface area contributed by atoms with Crippen LogP contribution in [0.15, 0.2) is 91.7 Å². The molecular weight excluding hydrogens is 640 g/mol. The van der Waals surface area contributed by atoms with E-state index >= 15 is 0 Å². The van der Waals surface area contributed by atoms with Crippen LogP contribution in [0.4, 0.5) is 11.4 Å². The van der Waals surface area contributed by atoms with Crippen molar-refractivity contribution in [3.8, 4) is 41.1 Å². The Morgan fingerprint density at radius 3 is 2.20 bits per heavy atom. The van der Waals surface area contributed by atoms with Gasteiger partial charge in [0.15, 0.2) is 11.5 Å². The number of ether oxygens (including phenoxy) is 4. The molecule has 7 nitrogen and oxygen atoms in total. The summed E-state index contributed by atoms with van der Waals surface area (Å²) in [4.78, 5) is 9.02. The van der Waals surface area contributed by atoms with Crippen LogP contribution in [0.3, 0.4) is 0 Å². The van der Waals surface area contributed by atoms with E-state index in [1.807, 2.05) is 42.5 Å². The molecule has 0 radical (unpaired) electrons. The molecular formula is C31H24Br2N2O5. The fourth-order valence-electron chi connectivity index (χ4n) is 3.60. The lowest BCUT2D eigenvalue weighted by molar-refractivity contribution is 0.115. The quantitative estimate of drug-likeness (QED) is 0.106. The molecule has 0 aromatic heterocycles. The third-order valence-corrected chi connectivity index (χ3v) is 6.52. The number of aliphatic imine (C=N–C) groups is 2. The smallest absolute Gasteiger partial charge is 0.231 e. The summed E-state index contributed by atoms with van der Waals surface area (Å²) >= 11 is 6.89. The zero-order valence-electron chi connectivity index (χ0n) is 21.6. The highest BCUT2D eigenvalue weighted by Gasteiger charge is 2.15. The van der Waals surface area contributed by atoms with E-state index in [2.05, 4.69) is 47.8 Å². The molecule has 0 bridgehead atoms. The molecule has 4 rings (SSSR count). The molecule has 40 heavy (non-hydrogen) atoms. The Morgan fingerprint density at radius 1 is 0.775 bits per heavy atom. The van der Waals surface area contributed by atoms with Crippen molar-refractivity contribution in [3.63, 3.8) is 0 Å². The average molecular weight is 664 g/mol. The van der Waals surface area contributed by atoms with Crippen molar-refractivity contribution in [2.45, 2.75) is 0 Å². The molecule has 0 unspecified atom stereocenters. The van der Waals surface area contributed by atoms with Gasteiger partial charge in [-0.2, -0.15) is 0 Å². The highest BCUT2D eigenvalue weighted by Crippen LogP contribution is 2.41. The summed E-state index contributed by atoms with van der Waals surface area (Å²) < 4.78 is 24.6. The summed E-state index contributed by atoms with van der Waals surface area (Å²) in [6.45, 7) is -0.131. The second-order valence-corrected chi connectivity index (χ2v) is 10.0. The first-order valence-electron chi connectivity index (χ1n) is 11.8. The minimum absolute atomic E-state index is 0.106. The minimum Gasteiger partial charge on any atom is -0.507 e. The minimum atomic E-state index is -0.131. The molecule has 202 valence electrons. The fraction of sp³-hybridized carbons (Fsp3) is 0.0968. The largest absolute Gasteiger partial charge is 0.507 e. The van der Waals surface area contributed by atoms with Crippen molar-refractivity contribution in [2.24, 2.45) is 9.98 Å². The van der Waals surface area contributed by atoms with Gasteiger partial charge in [0.25, 0.3) is 0 Å². The van der Waals surface area contributed by atoms with E-state index in [-0.39, 0.29) is 12.5 Å². The molecule has 4 aromatic carbocycles. The van der Waals surface area contributed by atoms with Gasteiger partial charge in [-0.05, 0) is 54.6 Å². The van der Waals surface area contributed by atoms with E-state index in [0.717, 1.165) is 25.8 Å². The van der Waals surface area contributed by atoms with Crippen molar-refractivity contribution in [3.05, 3.63) is 98.4 Å². The predicted molar refractivity (Wildman–Crippen MR) is 165 cm³/mol. The van der Waals surface area contributed by atoms with Crippen LogP contribution >= 0.6 is 31.9 Å². The van der Waals surface area contributed by atoms with Gasteiger partial charge in [0.2, 0.25) is 12.5 Å². The van der Waals surface area contributed by atoms with Gasteiger partial charge in [-0.15, -0.1) is 6.42 Å². The van der Waals surface area contributed by atoms with Crippen molar-refractivity contribution in [1.29, 1.82) is 0 Å². The van der Waals surface area contributed by atoms with Gasteiger partial charge < -0.3 is 24.1 Å². The predicted octanol–water partition coefficient (Wildman–Crippen LogP) is 7.83. The Bertz CT molecular complexity index is 1610.